The first-order valence-electron chi connectivity index (χ1n) is 7.07. The molecule has 0 amide bonds. The van der Waals surface area contributed by atoms with Gasteiger partial charge in [0.15, 0.2) is 0 Å². The third-order valence-corrected chi connectivity index (χ3v) is 5.54. The van der Waals surface area contributed by atoms with Crippen LogP contribution in [-0.2, 0) is 26.6 Å². The van der Waals surface area contributed by atoms with Gasteiger partial charge in [0.1, 0.15) is 5.75 Å². The van der Waals surface area contributed by atoms with Crippen LogP contribution >= 0.6 is 0 Å². The molecule has 1 fully saturated rings. The van der Waals surface area contributed by atoms with Crippen LogP contribution in [0.4, 0.5) is 0 Å². The highest BCUT2D eigenvalue weighted by atomic mass is 32.2. The smallest absolute Gasteiger partial charge is 0.306 e. The third-order valence-electron chi connectivity index (χ3n) is 3.74. The number of nitrogens with zero attached hydrogens (tertiary/aromatic N) is 1. The average Bonchev–Trinajstić information content (AvgIpc) is 2.39. The van der Waals surface area contributed by atoms with Crippen molar-refractivity contribution in [2.75, 3.05) is 25.6 Å². The Morgan fingerprint density at radius 1 is 1.05 bits per heavy atom. The fraction of sp³-hybridized carbons (Fsp3) is 0.571. The van der Waals surface area contributed by atoms with E-state index in [4.69, 9.17) is 4.18 Å². The van der Waals surface area contributed by atoms with Crippen LogP contribution in [0.5, 0.6) is 5.75 Å². The van der Waals surface area contributed by atoms with Crippen molar-refractivity contribution in [1.82, 2.24) is 4.31 Å². The van der Waals surface area contributed by atoms with Crippen molar-refractivity contribution in [3.63, 3.8) is 0 Å². The molecule has 22 heavy (non-hydrogen) atoms. The summed E-state index contributed by atoms with van der Waals surface area (Å²) in [6, 6.07) is 6.98. The zero-order valence-electron chi connectivity index (χ0n) is 12.7. The average molecular weight is 347 g/mol. The van der Waals surface area contributed by atoms with E-state index in [1.165, 1.54) is 10.6 Å². The molecule has 1 aromatic carbocycles. The second kappa shape index (κ2) is 6.55. The summed E-state index contributed by atoms with van der Waals surface area (Å²) < 4.78 is 51.3. The van der Waals surface area contributed by atoms with Gasteiger partial charge in [-0.05, 0) is 42.9 Å². The van der Waals surface area contributed by atoms with E-state index in [0.29, 0.717) is 24.8 Å². The lowest BCUT2D eigenvalue weighted by molar-refractivity contribution is 0.274. The van der Waals surface area contributed by atoms with Gasteiger partial charge in [0.05, 0.1) is 12.5 Å². The number of benzene rings is 1. The number of hydrogen-bond donors (Lipinski definition) is 0. The molecule has 0 bridgehead atoms. The quantitative estimate of drug-likeness (QED) is 0.749. The minimum absolute atomic E-state index is 0.304. The molecule has 0 radical (unpaired) electrons. The van der Waals surface area contributed by atoms with Crippen LogP contribution in [-0.4, -0.2) is 46.7 Å². The van der Waals surface area contributed by atoms with Crippen LogP contribution in [0.25, 0.3) is 0 Å². The van der Waals surface area contributed by atoms with E-state index in [1.807, 2.05) is 12.1 Å². The fourth-order valence-electron chi connectivity index (χ4n) is 2.63. The van der Waals surface area contributed by atoms with Gasteiger partial charge >= 0.3 is 10.1 Å². The van der Waals surface area contributed by atoms with Crippen molar-refractivity contribution in [2.24, 2.45) is 5.92 Å². The van der Waals surface area contributed by atoms with Crippen molar-refractivity contribution >= 4 is 20.1 Å². The summed E-state index contributed by atoms with van der Waals surface area (Å²) in [6.45, 7) is 1.14. The normalized spacial score (nSPS) is 18.3. The molecule has 2 rings (SSSR count). The lowest BCUT2D eigenvalue weighted by Crippen LogP contribution is -2.38. The van der Waals surface area contributed by atoms with Gasteiger partial charge in [0.25, 0.3) is 0 Å². The maximum Gasteiger partial charge on any atom is 0.306 e. The summed E-state index contributed by atoms with van der Waals surface area (Å²) in [5, 5.41) is 0. The first-order valence-corrected chi connectivity index (χ1v) is 10.7. The van der Waals surface area contributed by atoms with Crippen LogP contribution in [0.1, 0.15) is 18.4 Å². The van der Waals surface area contributed by atoms with Crippen molar-refractivity contribution in [2.45, 2.75) is 19.3 Å². The summed E-state index contributed by atoms with van der Waals surface area (Å²) in [5.74, 6) is 0.748. The van der Waals surface area contributed by atoms with E-state index in [2.05, 4.69) is 0 Å². The van der Waals surface area contributed by atoms with E-state index in [1.54, 1.807) is 12.1 Å². The van der Waals surface area contributed by atoms with Gasteiger partial charge in [-0.2, -0.15) is 8.42 Å². The first-order chi connectivity index (χ1) is 10.1. The lowest BCUT2D eigenvalue weighted by atomic mass is 9.91. The number of sulfonamides is 1. The van der Waals surface area contributed by atoms with Gasteiger partial charge in [-0.1, -0.05) is 12.1 Å². The van der Waals surface area contributed by atoms with Gasteiger partial charge < -0.3 is 4.18 Å². The molecule has 0 N–H and O–H groups in total. The Bertz CT molecular complexity index is 702. The highest BCUT2D eigenvalue weighted by Crippen LogP contribution is 2.24. The Labute approximate surface area is 132 Å². The number of rotatable bonds is 5. The predicted octanol–water partition coefficient (Wildman–Crippen LogP) is 1.24. The maximum atomic E-state index is 11.5. The Morgan fingerprint density at radius 3 is 2.05 bits per heavy atom. The van der Waals surface area contributed by atoms with E-state index in [9.17, 15) is 16.8 Å². The molecule has 0 saturated carbocycles. The van der Waals surface area contributed by atoms with Crippen molar-refractivity contribution in [3.8, 4) is 5.75 Å². The second-order valence-corrected chi connectivity index (χ2v) is 9.30. The van der Waals surface area contributed by atoms with Crippen molar-refractivity contribution in [3.05, 3.63) is 29.8 Å². The van der Waals surface area contributed by atoms with Gasteiger partial charge in [-0.15, -0.1) is 0 Å². The Kier molecular flexibility index (Phi) is 5.14. The highest BCUT2D eigenvalue weighted by molar-refractivity contribution is 7.88. The second-order valence-electron chi connectivity index (χ2n) is 5.74. The van der Waals surface area contributed by atoms with E-state index in [-0.39, 0.29) is 0 Å². The van der Waals surface area contributed by atoms with Crippen LogP contribution in [0.2, 0.25) is 0 Å². The van der Waals surface area contributed by atoms with Crippen LogP contribution < -0.4 is 4.18 Å². The zero-order valence-corrected chi connectivity index (χ0v) is 14.4. The standard InChI is InChI=1S/C14H21NO5S2/c1-21(16,17)15-9-7-13(8-10-15)11-12-3-5-14(6-4-12)20-22(2,18)19/h3-6,13H,7-11H2,1-2H3. The number of hydrogen-bond acceptors (Lipinski definition) is 5. The third kappa shape index (κ3) is 5.26. The highest BCUT2D eigenvalue weighted by Gasteiger charge is 2.24. The molecule has 1 saturated heterocycles. The molecule has 0 aromatic heterocycles. The van der Waals surface area contributed by atoms with E-state index >= 15 is 0 Å². The molecule has 1 heterocycles. The minimum atomic E-state index is -3.50. The van der Waals surface area contributed by atoms with Crippen molar-refractivity contribution in [1.29, 1.82) is 0 Å². The van der Waals surface area contributed by atoms with Gasteiger partial charge in [0, 0.05) is 13.1 Å². The molecule has 0 spiro atoms. The molecule has 0 aliphatic carbocycles. The predicted molar refractivity (Wildman–Crippen MR) is 84.8 cm³/mol. The topological polar surface area (TPSA) is 80.8 Å². The van der Waals surface area contributed by atoms with Gasteiger partial charge in [-0.3, -0.25) is 0 Å². The molecule has 6 nitrogen and oxygen atoms in total. The van der Waals surface area contributed by atoms with Gasteiger partial charge in [0.2, 0.25) is 10.0 Å². The molecule has 0 atom stereocenters. The first kappa shape index (κ1) is 17.2. The van der Waals surface area contributed by atoms with E-state index < -0.39 is 20.1 Å². The molecule has 1 aliphatic heterocycles. The summed E-state index contributed by atoms with van der Waals surface area (Å²) >= 11 is 0. The molecule has 1 aromatic rings. The van der Waals surface area contributed by atoms with Crippen LogP contribution in [0, 0.1) is 5.92 Å². The SMILES string of the molecule is CS(=O)(=O)Oc1ccc(CC2CCN(S(C)(=O)=O)CC2)cc1. The number of piperidine rings is 1. The molecular weight excluding hydrogens is 326 g/mol. The summed E-state index contributed by atoms with van der Waals surface area (Å²) in [7, 11) is -6.59. The molecule has 1 aliphatic rings. The Balaban J connectivity index is 1.90. The fourth-order valence-corrected chi connectivity index (χ4v) is 3.97. The monoisotopic (exact) mass is 347 g/mol. The Hall–Kier alpha value is -1.12. The van der Waals surface area contributed by atoms with E-state index in [0.717, 1.165) is 31.1 Å². The maximum absolute atomic E-state index is 11.5. The van der Waals surface area contributed by atoms with Gasteiger partial charge in [-0.25, -0.2) is 12.7 Å². The minimum Gasteiger partial charge on any atom is -0.383 e. The van der Waals surface area contributed by atoms with Crippen molar-refractivity contribution < 1.29 is 21.0 Å². The largest absolute Gasteiger partial charge is 0.383 e. The summed E-state index contributed by atoms with van der Waals surface area (Å²) in [6.07, 6.45) is 4.80. The molecule has 124 valence electrons. The zero-order chi connectivity index (χ0) is 16.4. The Morgan fingerprint density at radius 2 is 1.59 bits per heavy atom. The van der Waals surface area contributed by atoms with Crippen LogP contribution in [0.3, 0.4) is 0 Å². The lowest BCUT2D eigenvalue weighted by Gasteiger charge is -2.30. The molecule has 8 heteroatoms. The summed E-state index contributed by atoms with van der Waals surface area (Å²) in [5.41, 5.74) is 1.10. The molecule has 0 unspecified atom stereocenters. The van der Waals surface area contributed by atoms with Crippen LogP contribution in [0.15, 0.2) is 24.3 Å². The summed E-state index contributed by atoms with van der Waals surface area (Å²) in [4.78, 5) is 0. The molecular formula is C14H21NO5S2.